The van der Waals surface area contributed by atoms with Gasteiger partial charge in [-0.3, -0.25) is 4.79 Å². The first-order valence-corrected chi connectivity index (χ1v) is 14.1. The predicted octanol–water partition coefficient (Wildman–Crippen LogP) is 4.44. The number of nitrogens with zero attached hydrogens (tertiary/aromatic N) is 2. The lowest BCUT2D eigenvalue weighted by atomic mass is 10.2. The number of sulfone groups is 1. The number of para-hydroxylation sites is 1. The van der Waals surface area contributed by atoms with Crippen molar-refractivity contribution in [3.63, 3.8) is 0 Å². The van der Waals surface area contributed by atoms with E-state index in [2.05, 4.69) is 43.1 Å². The summed E-state index contributed by atoms with van der Waals surface area (Å²) in [5, 5.41) is 14.3. The Morgan fingerprint density at radius 3 is 2.52 bits per heavy atom. The lowest BCUT2D eigenvalue weighted by Gasteiger charge is -2.18. The van der Waals surface area contributed by atoms with Gasteiger partial charge < -0.3 is 31.3 Å². The van der Waals surface area contributed by atoms with Crippen LogP contribution >= 0.6 is 0 Å². The molecule has 1 amide bonds. The molecule has 1 heterocycles. The number of ether oxygens (including phenoxy) is 1. The second kappa shape index (κ2) is 13.7. The number of carbonyl (C=O) groups is 1. The number of nitrogens with one attached hydrogen (secondary N) is 5. The van der Waals surface area contributed by atoms with Crippen molar-refractivity contribution in [1.82, 2.24) is 15.3 Å². The molecule has 5 N–H and O–H groups in total. The van der Waals surface area contributed by atoms with Crippen LogP contribution in [0.2, 0.25) is 0 Å². The molecule has 0 atom stereocenters. The Bertz CT molecular complexity index is 1470. The van der Waals surface area contributed by atoms with Crippen LogP contribution in [0, 0.1) is 5.82 Å². The fourth-order valence-electron chi connectivity index (χ4n) is 3.58. The topological polar surface area (TPSA) is 146 Å². The summed E-state index contributed by atoms with van der Waals surface area (Å²) in [6.45, 7) is 10.8. The molecule has 214 valence electrons. The van der Waals surface area contributed by atoms with Crippen molar-refractivity contribution in [2.24, 2.45) is 0 Å². The number of benzene rings is 2. The molecule has 40 heavy (non-hydrogen) atoms. The standard InChI is InChI=1S/C27H34FN7O4S/c1-6-25(36)32-21-14-22(23(39-5)15-20(21)30-13-12-29-7-2)34-27-31-16-18(28)26(35-27)33-19-10-8-9-11-24(19)40(37,38)17(3)4/h6,8-11,14-17,29-30H,1,7,12-13H2,2-5H3,(H,32,36)(H2,31,33,34,35). The Hall–Kier alpha value is -4.23. The predicted molar refractivity (Wildman–Crippen MR) is 156 cm³/mol. The second-order valence-corrected chi connectivity index (χ2v) is 11.3. The van der Waals surface area contributed by atoms with Gasteiger partial charge in [-0.25, -0.2) is 17.8 Å². The summed E-state index contributed by atoms with van der Waals surface area (Å²) < 4.78 is 45.9. The van der Waals surface area contributed by atoms with Crippen LogP contribution in [0.25, 0.3) is 0 Å². The van der Waals surface area contributed by atoms with Gasteiger partial charge in [-0.1, -0.05) is 25.6 Å². The van der Waals surface area contributed by atoms with Crippen LogP contribution in [0.5, 0.6) is 5.75 Å². The Morgan fingerprint density at radius 1 is 1.10 bits per heavy atom. The Morgan fingerprint density at radius 2 is 1.85 bits per heavy atom. The molecule has 0 aliphatic heterocycles. The fourth-order valence-corrected chi connectivity index (χ4v) is 4.78. The van der Waals surface area contributed by atoms with E-state index < -0.39 is 26.8 Å². The summed E-state index contributed by atoms with van der Waals surface area (Å²) in [6, 6.07) is 9.54. The van der Waals surface area contributed by atoms with Crippen LogP contribution < -0.4 is 31.3 Å². The van der Waals surface area contributed by atoms with Gasteiger partial charge in [0, 0.05) is 19.2 Å². The van der Waals surface area contributed by atoms with Gasteiger partial charge >= 0.3 is 0 Å². The number of halogens is 1. The first-order chi connectivity index (χ1) is 19.1. The van der Waals surface area contributed by atoms with E-state index in [1.54, 1.807) is 38.1 Å². The molecular formula is C27H34FN7O4S. The first kappa shape index (κ1) is 30.3. The van der Waals surface area contributed by atoms with Crippen molar-refractivity contribution in [3.8, 4) is 5.75 Å². The summed E-state index contributed by atoms with van der Waals surface area (Å²) in [4.78, 5) is 20.3. The number of anilines is 6. The smallest absolute Gasteiger partial charge is 0.247 e. The van der Waals surface area contributed by atoms with Gasteiger partial charge in [0.15, 0.2) is 21.5 Å². The molecule has 0 aliphatic rings. The maximum absolute atomic E-state index is 14.7. The molecule has 2 aromatic carbocycles. The average Bonchev–Trinajstić information content (AvgIpc) is 2.93. The van der Waals surface area contributed by atoms with Gasteiger partial charge in [0.1, 0.15) is 5.75 Å². The molecular weight excluding hydrogens is 537 g/mol. The van der Waals surface area contributed by atoms with E-state index in [0.29, 0.717) is 35.9 Å². The molecule has 0 spiro atoms. The normalized spacial score (nSPS) is 11.2. The molecule has 0 saturated heterocycles. The minimum atomic E-state index is -3.65. The molecule has 1 aromatic heterocycles. The number of hydrogen-bond donors (Lipinski definition) is 5. The zero-order chi connectivity index (χ0) is 29.3. The van der Waals surface area contributed by atoms with Gasteiger partial charge in [-0.15, -0.1) is 0 Å². The number of rotatable bonds is 14. The zero-order valence-corrected chi connectivity index (χ0v) is 23.7. The molecule has 0 bridgehead atoms. The maximum atomic E-state index is 14.7. The van der Waals surface area contributed by atoms with Gasteiger partial charge in [0.25, 0.3) is 0 Å². The number of likely N-dealkylation sites (N-methyl/N-ethyl adjacent to an activating group) is 1. The van der Waals surface area contributed by atoms with Gasteiger partial charge in [0.05, 0.1) is 46.2 Å². The van der Waals surface area contributed by atoms with Crippen molar-refractivity contribution in [2.45, 2.75) is 30.9 Å². The van der Waals surface area contributed by atoms with Gasteiger partial charge in [-0.2, -0.15) is 4.98 Å². The minimum Gasteiger partial charge on any atom is -0.494 e. The van der Waals surface area contributed by atoms with Crippen LogP contribution in [-0.2, 0) is 14.6 Å². The number of amides is 1. The molecule has 0 radical (unpaired) electrons. The van der Waals surface area contributed by atoms with Crippen LogP contribution in [0.15, 0.2) is 60.1 Å². The first-order valence-electron chi connectivity index (χ1n) is 12.6. The lowest BCUT2D eigenvalue weighted by molar-refractivity contribution is -0.111. The molecule has 11 nitrogen and oxygen atoms in total. The highest BCUT2D eigenvalue weighted by atomic mass is 32.2. The van der Waals surface area contributed by atoms with Crippen LogP contribution in [-0.4, -0.2) is 56.3 Å². The Kier molecular flexibility index (Phi) is 10.4. The molecule has 0 saturated carbocycles. The van der Waals surface area contributed by atoms with Gasteiger partial charge in [0.2, 0.25) is 11.9 Å². The van der Waals surface area contributed by atoms with E-state index in [4.69, 9.17) is 4.74 Å². The molecule has 3 rings (SSSR count). The SMILES string of the molecule is C=CC(=O)Nc1cc(Nc2ncc(F)c(Nc3ccccc3S(=O)(=O)C(C)C)n2)c(OC)cc1NCCNCC. The average molecular weight is 572 g/mol. The monoisotopic (exact) mass is 571 g/mol. The highest BCUT2D eigenvalue weighted by Gasteiger charge is 2.23. The third kappa shape index (κ3) is 7.45. The number of aromatic nitrogens is 2. The molecule has 0 unspecified atom stereocenters. The summed E-state index contributed by atoms with van der Waals surface area (Å²) >= 11 is 0. The van der Waals surface area contributed by atoms with Crippen molar-refractivity contribution in [2.75, 3.05) is 48.0 Å². The van der Waals surface area contributed by atoms with Gasteiger partial charge in [-0.05, 0) is 44.7 Å². The third-order valence-corrected chi connectivity index (χ3v) is 7.92. The van der Waals surface area contributed by atoms with Crippen LogP contribution in [0.1, 0.15) is 20.8 Å². The zero-order valence-electron chi connectivity index (χ0n) is 22.8. The second-order valence-electron chi connectivity index (χ2n) is 8.80. The minimum absolute atomic E-state index is 0.000232. The van der Waals surface area contributed by atoms with E-state index in [1.165, 1.54) is 19.2 Å². The molecule has 3 aromatic rings. The van der Waals surface area contributed by atoms with Crippen molar-refractivity contribution >= 4 is 50.3 Å². The van der Waals surface area contributed by atoms with E-state index >= 15 is 0 Å². The summed E-state index contributed by atoms with van der Waals surface area (Å²) in [7, 11) is -2.17. The Balaban J connectivity index is 1.95. The third-order valence-electron chi connectivity index (χ3n) is 5.71. The molecule has 13 heteroatoms. The fraction of sp³-hybridized carbons (Fsp3) is 0.296. The van der Waals surface area contributed by atoms with E-state index in [-0.39, 0.29) is 22.3 Å². The number of carbonyl (C=O) groups excluding carboxylic acids is 1. The van der Waals surface area contributed by atoms with E-state index in [9.17, 15) is 17.6 Å². The summed E-state index contributed by atoms with van der Waals surface area (Å²) in [5.74, 6) is -1.03. The lowest BCUT2D eigenvalue weighted by Crippen LogP contribution is -2.22. The largest absolute Gasteiger partial charge is 0.494 e. The highest BCUT2D eigenvalue weighted by molar-refractivity contribution is 7.92. The molecule has 0 aliphatic carbocycles. The van der Waals surface area contributed by atoms with Crippen LogP contribution in [0.4, 0.5) is 38.9 Å². The highest BCUT2D eigenvalue weighted by Crippen LogP contribution is 2.36. The quantitative estimate of drug-likeness (QED) is 0.139. The number of hydrogen-bond acceptors (Lipinski definition) is 10. The van der Waals surface area contributed by atoms with Crippen molar-refractivity contribution in [3.05, 3.63) is 61.1 Å². The molecule has 0 fully saturated rings. The Labute approximate surface area is 233 Å². The maximum Gasteiger partial charge on any atom is 0.247 e. The van der Waals surface area contributed by atoms with Crippen molar-refractivity contribution in [1.29, 1.82) is 0 Å². The van der Waals surface area contributed by atoms with Crippen molar-refractivity contribution < 1.29 is 22.3 Å². The van der Waals surface area contributed by atoms with E-state index in [0.717, 1.165) is 18.8 Å². The van der Waals surface area contributed by atoms with E-state index in [1.807, 2.05) is 6.92 Å². The number of methoxy groups -OCH3 is 1. The van der Waals surface area contributed by atoms with Crippen LogP contribution in [0.3, 0.4) is 0 Å². The summed E-state index contributed by atoms with van der Waals surface area (Å²) in [6.07, 6.45) is 2.11. The summed E-state index contributed by atoms with van der Waals surface area (Å²) in [5.41, 5.74) is 1.62.